The summed E-state index contributed by atoms with van der Waals surface area (Å²) in [6.07, 6.45) is 0.945. The lowest BCUT2D eigenvalue weighted by molar-refractivity contribution is -0.116. The predicted octanol–water partition coefficient (Wildman–Crippen LogP) is 5.71. The van der Waals surface area contributed by atoms with Crippen LogP contribution in [0.5, 0.6) is 28.7 Å². The Morgan fingerprint density at radius 3 is 2.05 bits per heavy atom. The molecule has 5 rings (SSSR count). The summed E-state index contributed by atoms with van der Waals surface area (Å²) < 4.78 is 28.0. The number of fused-ring (bicyclic) bond motifs is 1. The van der Waals surface area contributed by atoms with E-state index in [4.69, 9.17) is 23.7 Å². The van der Waals surface area contributed by atoms with Crippen molar-refractivity contribution in [1.82, 2.24) is 0 Å². The third kappa shape index (κ3) is 4.47. The zero-order valence-electron chi connectivity index (χ0n) is 22.2. The number of methoxy groups -OCH3 is 5. The van der Waals surface area contributed by atoms with Crippen LogP contribution in [0.2, 0.25) is 0 Å². The summed E-state index contributed by atoms with van der Waals surface area (Å²) in [5.74, 6) is 3.11. The third-order valence-electron chi connectivity index (χ3n) is 7.23. The maximum Gasteiger partial charge on any atom is 0.164 e. The molecular weight excluding hydrogens is 484 g/mol. The molecule has 8 heteroatoms. The number of carbonyl (C=O) groups excluding carboxylic acids is 1. The summed E-state index contributed by atoms with van der Waals surface area (Å²) in [7, 11) is 8.06. The highest BCUT2D eigenvalue weighted by molar-refractivity contribution is 6.01. The Balaban J connectivity index is 1.66. The van der Waals surface area contributed by atoms with Crippen LogP contribution in [0.25, 0.3) is 0 Å². The molecule has 0 fully saturated rings. The molecule has 2 aliphatic rings. The van der Waals surface area contributed by atoms with E-state index in [-0.39, 0.29) is 11.7 Å². The molecule has 198 valence electrons. The van der Waals surface area contributed by atoms with Crippen LogP contribution in [-0.4, -0.2) is 41.3 Å². The van der Waals surface area contributed by atoms with Crippen LogP contribution in [0.15, 0.2) is 65.9 Å². The second-order valence-corrected chi connectivity index (χ2v) is 9.23. The first-order chi connectivity index (χ1) is 18.5. The van der Waals surface area contributed by atoms with Gasteiger partial charge >= 0.3 is 0 Å². The molecular formula is C30H32N2O6. The molecule has 8 nitrogen and oxygen atoms in total. The van der Waals surface area contributed by atoms with Crippen LogP contribution in [0.4, 0.5) is 11.4 Å². The largest absolute Gasteiger partial charge is 0.497 e. The highest BCUT2D eigenvalue weighted by atomic mass is 16.5. The van der Waals surface area contributed by atoms with Crippen molar-refractivity contribution in [2.75, 3.05) is 46.2 Å². The number of benzene rings is 3. The van der Waals surface area contributed by atoms with Crippen molar-refractivity contribution in [2.45, 2.75) is 24.8 Å². The first kappa shape index (κ1) is 25.3. The Kier molecular flexibility index (Phi) is 7.05. The van der Waals surface area contributed by atoms with Gasteiger partial charge in [0, 0.05) is 40.8 Å². The van der Waals surface area contributed by atoms with Crippen molar-refractivity contribution in [2.24, 2.45) is 0 Å². The number of carbonyl (C=O) groups is 1. The first-order valence-electron chi connectivity index (χ1n) is 12.4. The smallest absolute Gasteiger partial charge is 0.164 e. The van der Waals surface area contributed by atoms with Crippen LogP contribution >= 0.6 is 0 Å². The van der Waals surface area contributed by atoms with Gasteiger partial charge in [0.2, 0.25) is 0 Å². The topological polar surface area (TPSA) is 87.3 Å². The fourth-order valence-corrected chi connectivity index (χ4v) is 5.38. The van der Waals surface area contributed by atoms with Crippen LogP contribution in [0.1, 0.15) is 35.9 Å². The average molecular weight is 517 g/mol. The lowest BCUT2D eigenvalue weighted by Gasteiger charge is -2.31. The van der Waals surface area contributed by atoms with Crippen molar-refractivity contribution >= 4 is 17.2 Å². The van der Waals surface area contributed by atoms with Gasteiger partial charge in [0.1, 0.15) is 17.2 Å². The number of rotatable bonds is 7. The lowest BCUT2D eigenvalue weighted by Crippen LogP contribution is -2.27. The summed E-state index contributed by atoms with van der Waals surface area (Å²) in [5, 5.41) is 7.18. The van der Waals surface area contributed by atoms with Gasteiger partial charge in [0.15, 0.2) is 17.3 Å². The van der Waals surface area contributed by atoms with Gasteiger partial charge in [-0.25, -0.2) is 0 Å². The normalized spacial score (nSPS) is 18.3. The number of allylic oxidation sites excluding steroid dienone is 1. The Morgan fingerprint density at radius 2 is 1.37 bits per heavy atom. The first-order valence-corrected chi connectivity index (χ1v) is 12.4. The third-order valence-corrected chi connectivity index (χ3v) is 7.23. The minimum absolute atomic E-state index is 0.0377. The van der Waals surface area contributed by atoms with E-state index in [1.54, 1.807) is 41.6 Å². The number of ether oxygens (including phenoxy) is 5. The second-order valence-electron chi connectivity index (χ2n) is 9.23. The fourth-order valence-electron chi connectivity index (χ4n) is 5.38. The number of hydrogen-bond donors (Lipinski definition) is 2. The molecule has 0 saturated carbocycles. The van der Waals surface area contributed by atoms with E-state index in [0.717, 1.165) is 39.7 Å². The highest BCUT2D eigenvalue weighted by Crippen LogP contribution is 2.49. The Morgan fingerprint density at radius 1 is 0.684 bits per heavy atom. The second kappa shape index (κ2) is 10.6. The standard InChI is InChI=1S/C30H32N2O6/c1-34-18-10-11-25(35-2)19(14-18)17-12-23-29(24(33)13-17)30(32-22-9-7-6-8-21(22)31-23)20-15-27(37-4)28(38-5)16-26(20)36-3/h6-11,14-17,30-32H,12-13H2,1-5H3. The van der Waals surface area contributed by atoms with Crippen molar-refractivity contribution < 1.29 is 28.5 Å². The minimum Gasteiger partial charge on any atom is -0.497 e. The summed E-state index contributed by atoms with van der Waals surface area (Å²) in [6, 6.07) is 16.8. The number of ketones is 1. The molecule has 0 amide bonds. The number of Topliss-reactive ketones (excluding diaryl/α,β-unsaturated/α-hetero) is 1. The van der Waals surface area contributed by atoms with Crippen LogP contribution in [0, 0.1) is 0 Å². The maximum absolute atomic E-state index is 14.0. The van der Waals surface area contributed by atoms with E-state index >= 15 is 0 Å². The molecule has 2 atom stereocenters. The zero-order chi connectivity index (χ0) is 26.8. The molecule has 0 spiro atoms. The van der Waals surface area contributed by atoms with E-state index in [9.17, 15) is 4.79 Å². The van der Waals surface area contributed by atoms with Crippen molar-refractivity contribution in [3.8, 4) is 28.7 Å². The van der Waals surface area contributed by atoms with E-state index in [1.807, 2.05) is 48.5 Å². The predicted molar refractivity (Wildman–Crippen MR) is 146 cm³/mol. The van der Waals surface area contributed by atoms with Gasteiger partial charge in [0.05, 0.1) is 53.0 Å². The molecule has 3 aromatic rings. The van der Waals surface area contributed by atoms with E-state index in [1.165, 1.54) is 0 Å². The van der Waals surface area contributed by atoms with E-state index in [0.29, 0.717) is 35.7 Å². The number of para-hydroxylation sites is 2. The van der Waals surface area contributed by atoms with Crippen molar-refractivity contribution in [1.29, 1.82) is 0 Å². The van der Waals surface area contributed by atoms with Gasteiger partial charge < -0.3 is 34.3 Å². The van der Waals surface area contributed by atoms with E-state index in [2.05, 4.69) is 10.6 Å². The SMILES string of the molecule is COc1ccc(OC)c(C2CC(=O)C3=C(C2)Nc2ccccc2NC3c2cc(OC)c(OC)cc2OC)c1. The molecule has 3 aromatic carbocycles. The number of hydrogen-bond acceptors (Lipinski definition) is 8. The molecule has 38 heavy (non-hydrogen) atoms. The Bertz CT molecular complexity index is 1400. The van der Waals surface area contributed by atoms with Crippen LogP contribution in [0.3, 0.4) is 0 Å². The summed E-state index contributed by atoms with van der Waals surface area (Å²) in [4.78, 5) is 14.0. The molecule has 1 heterocycles. The molecule has 0 bridgehead atoms. The maximum atomic E-state index is 14.0. The average Bonchev–Trinajstić information content (AvgIpc) is 3.12. The zero-order valence-corrected chi connectivity index (χ0v) is 22.2. The van der Waals surface area contributed by atoms with Crippen LogP contribution in [-0.2, 0) is 4.79 Å². The number of nitrogens with one attached hydrogen (secondary N) is 2. The van der Waals surface area contributed by atoms with Gasteiger partial charge in [-0.3, -0.25) is 4.79 Å². The minimum atomic E-state index is -0.475. The molecule has 0 saturated heterocycles. The molecule has 1 aliphatic heterocycles. The van der Waals surface area contributed by atoms with Crippen molar-refractivity contribution in [3.63, 3.8) is 0 Å². The lowest BCUT2D eigenvalue weighted by atomic mass is 9.78. The van der Waals surface area contributed by atoms with Gasteiger partial charge in [-0.05, 0) is 42.8 Å². The van der Waals surface area contributed by atoms with Gasteiger partial charge in [0.25, 0.3) is 0 Å². The van der Waals surface area contributed by atoms with E-state index < -0.39 is 6.04 Å². The summed E-state index contributed by atoms with van der Waals surface area (Å²) in [5.41, 5.74) is 5.03. The molecule has 2 unspecified atom stereocenters. The monoisotopic (exact) mass is 516 g/mol. The fraction of sp³-hybridized carbons (Fsp3) is 0.300. The van der Waals surface area contributed by atoms with Gasteiger partial charge in [-0.15, -0.1) is 0 Å². The quantitative estimate of drug-likeness (QED) is 0.413. The highest BCUT2D eigenvalue weighted by Gasteiger charge is 2.38. The molecule has 0 radical (unpaired) electrons. The number of anilines is 2. The summed E-state index contributed by atoms with van der Waals surface area (Å²) >= 11 is 0. The molecule has 0 aromatic heterocycles. The van der Waals surface area contributed by atoms with Crippen molar-refractivity contribution in [3.05, 3.63) is 77.0 Å². The van der Waals surface area contributed by atoms with Gasteiger partial charge in [-0.2, -0.15) is 0 Å². The molecule has 2 N–H and O–H groups in total. The van der Waals surface area contributed by atoms with Gasteiger partial charge in [-0.1, -0.05) is 12.1 Å². The Labute approximate surface area is 222 Å². The summed E-state index contributed by atoms with van der Waals surface area (Å²) in [6.45, 7) is 0. The Hall–Kier alpha value is -4.33. The molecule has 1 aliphatic carbocycles. The van der Waals surface area contributed by atoms with Crippen LogP contribution < -0.4 is 34.3 Å².